The molecule has 1 N–H and O–H groups in total. The van der Waals surface area contributed by atoms with Gasteiger partial charge in [-0.1, -0.05) is 79.6 Å². The van der Waals surface area contributed by atoms with Gasteiger partial charge in [-0.2, -0.15) is 0 Å². The predicted octanol–water partition coefficient (Wildman–Crippen LogP) is 5.86. The van der Waals surface area contributed by atoms with Crippen molar-refractivity contribution in [2.24, 2.45) is 0 Å². The van der Waals surface area contributed by atoms with Crippen LogP contribution in [0, 0.1) is 13.8 Å². The number of carbonyl (C=O) groups excluding carboxylic acids is 2. The van der Waals surface area contributed by atoms with Crippen LogP contribution in [0.2, 0.25) is 0 Å². The minimum absolute atomic E-state index is 0.0811. The lowest BCUT2D eigenvalue weighted by Gasteiger charge is -2.21. The Bertz CT molecular complexity index is 1700. The lowest BCUT2D eigenvalue weighted by molar-refractivity contribution is -0.0931. The number of carbonyl (C=O) groups is 2. The minimum Gasteiger partial charge on any atom is -0.408 e. The summed E-state index contributed by atoms with van der Waals surface area (Å²) in [5.41, 5.74) is 3.22. The Labute approximate surface area is 260 Å². The van der Waals surface area contributed by atoms with Crippen molar-refractivity contribution in [1.82, 2.24) is 14.6 Å². The van der Waals surface area contributed by atoms with Gasteiger partial charge < -0.3 is 14.2 Å². The van der Waals surface area contributed by atoms with E-state index in [9.17, 15) is 19.2 Å². The van der Waals surface area contributed by atoms with Crippen molar-refractivity contribution in [3.8, 4) is 11.5 Å². The van der Waals surface area contributed by atoms with Crippen molar-refractivity contribution in [3.05, 3.63) is 128 Å². The number of rotatable bonds is 11. The average Bonchev–Trinajstić information content (AvgIpc) is 2.98. The van der Waals surface area contributed by atoms with Crippen molar-refractivity contribution in [3.63, 3.8) is 0 Å². The Balaban J connectivity index is 1.45. The van der Waals surface area contributed by atoms with E-state index in [2.05, 4.69) is 11.1 Å². The standard InChI is InChI=1S/C34H37N3O8/c1-23(2)30-29(21-26-19-24(3)18-25(4)20-26)36(32(39)35-31(30)38)22-42-17-11-16-37(33(40)43-27-12-7-5-8-13-27)45-34(41)44-28-14-9-6-10-15-28/h5-10,12-15,18-20,23H,11,16-17,21-22H2,1-4H3,(H,35,38,39). The number of ether oxygens (including phenoxy) is 3. The van der Waals surface area contributed by atoms with Crippen molar-refractivity contribution < 1.29 is 28.6 Å². The summed E-state index contributed by atoms with van der Waals surface area (Å²) >= 11 is 0. The van der Waals surface area contributed by atoms with E-state index in [0.717, 1.165) is 21.8 Å². The van der Waals surface area contributed by atoms with Crippen LogP contribution in [0.3, 0.4) is 0 Å². The maximum absolute atomic E-state index is 13.0. The van der Waals surface area contributed by atoms with Crippen LogP contribution in [0.1, 0.15) is 54.1 Å². The number of H-pyrrole nitrogens is 1. The van der Waals surface area contributed by atoms with Gasteiger partial charge in [-0.25, -0.2) is 14.4 Å². The lowest BCUT2D eigenvalue weighted by atomic mass is 9.96. The molecule has 0 aliphatic rings. The van der Waals surface area contributed by atoms with Crippen LogP contribution in [-0.4, -0.2) is 40.0 Å². The molecule has 1 heterocycles. The maximum atomic E-state index is 13.0. The summed E-state index contributed by atoms with van der Waals surface area (Å²) in [4.78, 5) is 58.7. The van der Waals surface area contributed by atoms with Gasteiger partial charge in [0.1, 0.15) is 18.2 Å². The second kappa shape index (κ2) is 15.5. The molecular formula is C34H37N3O8. The SMILES string of the molecule is Cc1cc(C)cc(Cc2c(C(C)C)c(=O)[nH]c(=O)n2COCCCN(OC(=O)Oc2ccccc2)C(=O)Oc2ccccc2)c1. The molecule has 45 heavy (non-hydrogen) atoms. The van der Waals surface area contributed by atoms with E-state index in [4.69, 9.17) is 19.0 Å². The van der Waals surface area contributed by atoms with E-state index in [0.29, 0.717) is 17.7 Å². The molecule has 4 aromatic rings. The fourth-order valence-electron chi connectivity index (χ4n) is 4.89. The number of nitrogens with zero attached hydrogens (tertiary/aromatic N) is 2. The number of para-hydroxylation sites is 2. The first-order chi connectivity index (χ1) is 21.6. The van der Waals surface area contributed by atoms with Gasteiger partial charge >= 0.3 is 17.9 Å². The number of nitrogens with one attached hydrogen (secondary N) is 1. The zero-order valence-electron chi connectivity index (χ0n) is 25.8. The number of hydrogen-bond acceptors (Lipinski definition) is 8. The predicted molar refractivity (Wildman–Crippen MR) is 167 cm³/mol. The van der Waals surface area contributed by atoms with Gasteiger partial charge in [0, 0.05) is 17.7 Å². The highest BCUT2D eigenvalue weighted by Crippen LogP contribution is 2.20. The summed E-state index contributed by atoms with van der Waals surface area (Å²) in [5, 5.41) is 0.746. The molecule has 1 amide bonds. The number of aryl methyl sites for hydroxylation is 2. The molecule has 0 bridgehead atoms. The third-order valence-electron chi connectivity index (χ3n) is 6.73. The molecule has 0 saturated carbocycles. The summed E-state index contributed by atoms with van der Waals surface area (Å²) in [7, 11) is 0. The van der Waals surface area contributed by atoms with E-state index >= 15 is 0 Å². The average molecular weight is 616 g/mol. The van der Waals surface area contributed by atoms with Crippen LogP contribution in [0.25, 0.3) is 0 Å². The van der Waals surface area contributed by atoms with Crippen LogP contribution in [0.15, 0.2) is 88.5 Å². The third-order valence-corrected chi connectivity index (χ3v) is 6.73. The van der Waals surface area contributed by atoms with Gasteiger partial charge in [0.2, 0.25) is 0 Å². The van der Waals surface area contributed by atoms with Crippen molar-refractivity contribution in [2.75, 3.05) is 13.2 Å². The molecule has 1 aromatic heterocycles. The molecule has 0 radical (unpaired) electrons. The van der Waals surface area contributed by atoms with Gasteiger partial charge in [0.05, 0.1) is 13.2 Å². The van der Waals surface area contributed by atoms with Crippen LogP contribution < -0.4 is 20.7 Å². The van der Waals surface area contributed by atoms with Crippen molar-refractivity contribution >= 4 is 12.2 Å². The molecular weight excluding hydrogens is 578 g/mol. The van der Waals surface area contributed by atoms with Crippen LogP contribution in [0.5, 0.6) is 11.5 Å². The second-order valence-corrected chi connectivity index (χ2v) is 10.8. The van der Waals surface area contributed by atoms with Crippen LogP contribution in [0.4, 0.5) is 9.59 Å². The molecule has 0 aliphatic carbocycles. The fourth-order valence-corrected chi connectivity index (χ4v) is 4.89. The van der Waals surface area contributed by atoms with Gasteiger partial charge in [-0.3, -0.25) is 19.2 Å². The number of aromatic nitrogens is 2. The Morgan fingerprint density at radius 1 is 0.867 bits per heavy atom. The van der Waals surface area contributed by atoms with E-state index in [1.807, 2.05) is 39.8 Å². The smallest absolute Gasteiger partial charge is 0.408 e. The minimum atomic E-state index is -1.12. The zero-order chi connectivity index (χ0) is 32.3. The summed E-state index contributed by atoms with van der Waals surface area (Å²) < 4.78 is 17.8. The Kier molecular flexibility index (Phi) is 11.3. The molecule has 3 aromatic carbocycles. The number of hydroxylamine groups is 2. The Morgan fingerprint density at radius 2 is 1.47 bits per heavy atom. The normalized spacial score (nSPS) is 10.9. The Hall–Kier alpha value is -5.16. The van der Waals surface area contributed by atoms with E-state index < -0.39 is 23.5 Å². The molecule has 236 valence electrons. The largest absolute Gasteiger partial charge is 0.539 e. The summed E-state index contributed by atoms with van der Waals surface area (Å²) in [6.45, 7) is 7.64. The topological polar surface area (TPSA) is 129 Å². The third kappa shape index (κ3) is 9.41. The lowest BCUT2D eigenvalue weighted by Crippen LogP contribution is -2.38. The number of aromatic amines is 1. The van der Waals surface area contributed by atoms with E-state index in [1.165, 1.54) is 4.57 Å². The van der Waals surface area contributed by atoms with Crippen molar-refractivity contribution in [1.29, 1.82) is 0 Å². The molecule has 0 saturated heterocycles. The molecule has 0 spiro atoms. The monoisotopic (exact) mass is 615 g/mol. The first-order valence-corrected chi connectivity index (χ1v) is 14.6. The zero-order valence-corrected chi connectivity index (χ0v) is 25.8. The molecule has 0 aliphatic heterocycles. The summed E-state index contributed by atoms with van der Waals surface area (Å²) in [5.74, 6) is 0.364. The van der Waals surface area contributed by atoms with E-state index in [-0.39, 0.29) is 43.7 Å². The number of hydrogen-bond donors (Lipinski definition) is 1. The number of amides is 1. The summed E-state index contributed by atoms with van der Waals surface area (Å²) in [6.07, 6.45) is -1.47. The van der Waals surface area contributed by atoms with Gasteiger partial charge in [-0.05, 0) is 56.0 Å². The molecule has 0 atom stereocenters. The van der Waals surface area contributed by atoms with Crippen LogP contribution in [-0.2, 0) is 22.7 Å². The molecule has 0 fully saturated rings. The Morgan fingerprint density at radius 3 is 2.07 bits per heavy atom. The van der Waals surface area contributed by atoms with Gasteiger partial charge in [0.25, 0.3) is 5.56 Å². The van der Waals surface area contributed by atoms with Gasteiger partial charge in [-0.15, -0.1) is 5.06 Å². The highest BCUT2D eigenvalue weighted by molar-refractivity contribution is 5.72. The molecule has 0 unspecified atom stereocenters. The molecule has 11 nitrogen and oxygen atoms in total. The van der Waals surface area contributed by atoms with Gasteiger partial charge in [0.15, 0.2) is 0 Å². The highest BCUT2D eigenvalue weighted by atomic mass is 16.8. The van der Waals surface area contributed by atoms with E-state index in [1.54, 1.807) is 60.7 Å². The molecule has 11 heteroatoms. The highest BCUT2D eigenvalue weighted by Gasteiger charge is 2.23. The number of benzene rings is 3. The second-order valence-electron chi connectivity index (χ2n) is 10.8. The fraction of sp³-hybridized carbons (Fsp3) is 0.294. The van der Waals surface area contributed by atoms with Crippen LogP contribution >= 0.6 is 0 Å². The molecule has 4 rings (SSSR count). The first kappa shape index (κ1) is 32.7. The maximum Gasteiger partial charge on any atom is 0.539 e. The first-order valence-electron chi connectivity index (χ1n) is 14.6. The quantitative estimate of drug-likeness (QED) is 0.0961. The van der Waals surface area contributed by atoms with Crippen molar-refractivity contribution in [2.45, 2.75) is 53.2 Å². The summed E-state index contributed by atoms with van der Waals surface area (Å²) in [6, 6.07) is 22.7.